The lowest BCUT2D eigenvalue weighted by atomic mass is 9.79. The van der Waals surface area contributed by atoms with E-state index >= 15 is 0 Å². The zero-order chi connectivity index (χ0) is 15.8. The van der Waals surface area contributed by atoms with Crippen LogP contribution in [0.4, 0.5) is 0 Å². The quantitative estimate of drug-likeness (QED) is 0.661. The molecule has 0 amide bonds. The molecule has 2 unspecified atom stereocenters. The molecule has 0 spiro atoms. The van der Waals surface area contributed by atoms with E-state index in [-0.39, 0.29) is 23.2 Å². The molecule has 1 aromatic rings. The number of aryl methyl sites for hydroxylation is 1. The maximum atomic E-state index is 6.21. The summed E-state index contributed by atoms with van der Waals surface area (Å²) in [6, 6.07) is 6.24. The molecule has 1 heterocycles. The molecule has 0 aromatic heterocycles. The van der Waals surface area contributed by atoms with Crippen LogP contribution < -0.4 is 16.0 Å². The average Bonchev–Trinajstić information content (AvgIpc) is 2.60. The smallest absolute Gasteiger partial charge is 0.123 e. The molecule has 4 heteroatoms. The summed E-state index contributed by atoms with van der Waals surface area (Å²) in [5.74, 6) is 7.04. The van der Waals surface area contributed by atoms with Crippen LogP contribution in [0.15, 0.2) is 18.2 Å². The van der Waals surface area contributed by atoms with Gasteiger partial charge in [0.15, 0.2) is 0 Å². The number of ether oxygens (including phenoxy) is 2. The van der Waals surface area contributed by atoms with E-state index in [2.05, 4.69) is 52.2 Å². The van der Waals surface area contributed by atoms with Gasteiger partial charge >= 0.3 is 0 Å². The molecule has 3 N–H and O–H groups in total. The first kappa shape index (κ1) is 16.3. The van der Waals surface area contributed by atoms with Crippen LogP contribution in [0.25, 0.3) is 0 Å². The van der Waals surface area contributed by atoms with Gasteiger partial charge in [0.2, 0.25) is 0 Å². The van der Waals surface area contributed by atoms with E-state index in [1.54, 1.807) is 7.11 Å². The van der Waals surface area contributed by atoms with Gasteiger partial charge in [-0.3, -0.25) is 11.3 Å². The standard InChI is InChI=1S/C17H28N2O2/c1-11-7-8-12(14(9-11)20-6)15(19-18)13-10-16(2,3)21-17(13,4)5/h7-9,13,15,19H,10,18H2,1-6H3. The van der Waals surface area contributed by atoms with Crippen LogP contribution in [0.2, 0.25) is 0 Å². The molecule has 0 saturated carbocycles. The Hall–Kier alpha value is -1.10. The number of methoxy groups -OCH3 is 1. The minimum Gasteiger partial charge on any atom is -0.496 e. The molecule has 2 atom stereocenters. The molecule has 0 radical (unpaired) electrons. The monoisotopic (exact) mass is 292 g/mol. The second-order valence-electron chi connectivity index (χ2n) is 7.17. The molecule has 0 aliphatic carbocycles. The van der Waals surface area contributed by atoms with E-state index in [0.717, 1.165) is 17.7 Å². The number of hydrazine groups is 1. The largest absolute Gasteiger partial charge is 0.496 e. The summed E-state index contributed by atoms with van der Waals surface area (Å²) in [5, 5.41) is 0. The molecule has 1 saturated heterocycles. The molecule has 2 rings (SSSR count). The molecule has 1 aliphatic heterocycles. The summed E-state index contributed by atoms with van der Waals surface area (Å²) in [5.41, 5.74) is 4.87. The lowest BCUT2D eigenvalue weighted by Gasteiger charge is -2.33. The minimum absolute atomic E-state index is 0.00248. The van der Waals surface area contributed by atoms with Crippen LogP contribution in [0.5, 0.6) is 5.75 Å². The maximum absolute atomic E-state index is 6.21. The van der Waals surface area contributed by atoms with Gasteiger partial charge in [0.1, 0.15) is 5.75 Å². The highest BCUT2D eigenvalue weighted by Gasteiger charge is 2.49. The Morgan fingerprint density at radius 3 is 2.48 bits per heavy atom. The van der Waals surface area contributed by atoms with Gasteiger partial charge in [0.05, 0.1) is 24.4 Å². The van der Waals surface area contributed by atoms with Crippen LogP contribution >= 0.6 is 0 Å². The Morgan fingerprint density at radius 2 is 2.00 bits per heavy atom. The van der Waals surface area contributed by atoms with Crippen LogP contribution in [0.3, 0.4) is 0 Å². The second kappa shape index (κ2) is 5.59. The fourth-order valence-electron chi connectivity index (χ4n) is 3.62. The second-order valence-corrected chi connectivity index (χ2v) is 7.17. The van der Waals surface area contributed by atoms with Crippen molar-refractivity contribution >= 4 is 0 Å². The molecule has 1 fully saturated rings. The van der Waals surface area contributed by atoms with Gasteiger partial charge in [-0.2, -0.15) is 0 Å². The van der Waals surface area contributed by atoms with Crippen molar-refractivity contribution in [1.29, 1.82) is 0 Å². The molecule has 0 bridgehead atoms. The van der Waals surface area contributed by atoms with Crippen molar-refractivity contribution < 1.29 is 9.47 Å². The average molecular weight is 292 g/mol. The lowest BCUT2D eigenvalue weighted by molar-refractivity contribution is -0.0779. The molecule has 1 aliphatic rings. The Kier molecular flexibility index (Phi) is 4.34. The van der Waals surface area contributed by atoms with Crippen molar-refractivity contribution in [3.05, 3.63) is 29.3 Å². The van der Waals surface area contributed by atoms with Gasteiger partial charge in [-0.25, -0.2) is 0 Å². The van der Waals surface area contributed by atoms with E-state index in [9.17, 15) is 0 Å². The lowest BCUT2D eigenvalue weighted by Crippen LogP contribution is -2.41. The molecular formula is C17H28N2O2. The summed E-state index contributed by atoms with van der Waals surface area (Å²) in [7, 11) is 1.70. The predicted molar refractivity (Wildman–Crippen MR) is 85.1 cm³/mol. The first-order valence-electron chi connectivity index (χ1n) is 7.51. The molecular weight excluding hydrogens is 264 g/mol. The highest BCUT2D eigenvalue weighted by atomic mass is 16.5. The Bertz CT molecular complexity index is 512. The number of hydrogen-bond donors (Lipinski definition) is 2. The number of nitrogens with one attached hydrogen (secondary N) is 1. The first-order chi connectivity index (χ1) is 9.70. The van der Waals surface area contributed by atoms with Gasteiger partial charge in [-0.15, -0.1) is 0 Å². The summed E-state index contributed by atoms with van der Waals surface area (Å²) in [6.45, 7) is 10.6. The van der Waals surface area contributed by atoms with E-state index in [1.165, 1.54) is 5.56 Å². The highest BCUT2D eigenvalue weighted by Crippen LogP contribution is 2.48. The van der Waals surface area contributed by atoms with Crippen molar-refractivity contribution in [2.75, 3.05) is 7.11 Å². The zero-order valence-corrected chi connectivity index (χ0v) is 14.0. The third-order valence-electron chi connectivity index (χ3n) is 4.45. The highest BCUT2D eigenvalue weighted by molar-refractivity contribution is 5.40. The summed E-state index contributed by atoms with van der Waals surface area (Å²) in [4.78, 5) is 0. The summed E-state index contributed by atoms with van der Waals surface area (Å²) < 4.78 is 11.8. The Balaban J connectivity index is 2.41. The fraction of sp³-hybridized carbons (Fsp3) is 0.647. The van der Waals surface area contributed by atoms with Gasteiger partial charge in [0, 0.05) is 11.5 Å². The van der Waals surface area contributed by atoms with Crippen molar-refractivity contribution in [2.24, 2.45) is 11.8 Å². The molecule has 1 aromatic carbocycles. The molecule has 4 nitrogen and oxygen atoms in total. The van der Waals surface area contributed by atoms with Crippen LogP contribution in [0, 0.1) is 12.8 Å². The number of benzene rings is 1. The number of nitrogens with two attached hydrogens (primary N) is 1. The zero-order valence-electron chi connectivity index (χ0n) is 14.0. The predicted octanol–water partition coefficient (Wildman–Crippen LogP) is 3.10. The van der Waals surface area contributed by atoms with E-state index in [4.69, 9.17) is 15.3 Å². The SMILES string of the molecule is COc1cc(C)ccc1C(NN)C1CC(C)(C)OC1(C)C. The normalized spacial score (nSPS) is 24.8. The van der Waals surface area contributed by atoms with E-state index < -0.39 is 0 Å². The Morgan fingerprint density at radius 1 is 1.33 bits per heavy atom. The van der Waals surface area contributed by atoms with Gasteiger partial charge in [0.25, 0.3) is 0 Å². The van der Waals surface area contributed by atoms with E-state index in [1.807, 2.05) is 6.07 Å². The van der Waals surface area contributed by atoms with Gasteiger partial charge in [-0.1, -0.05) is 12.1 Å². The fourth-order valence-corrected chi connectivity index (χ4v) is 3.62. The molecule has 118 valence electrons. The van der Waals surface area contributed by atoms with Crippen molar-refractivity contribution in [1.82, 2.24) is 5.43 Å². The molecule has 21 heavy (non-hydrogen) atoms. The summed E-state index contributed by atoms with van der Waals surface area (Å²) in [6.07, 6.45) is 0.950. The Labute approximate surface area is 128 Å². The van der Waals surface area contributed by atoms with Crippen molar-refractivity contribution in [3.8, 4) is 5.75 Å². The van der Waals surface area contributed by atoms with Crippen LogP contribution in [-0.2, 0) is 4.74 Å². The van der Waals surface area contributed by atoms with Crippen LogP contribution in [0.1, 0.15) is 51.3 Å². The van der Waals surface area contributed by atoms with Gasteiger partial charge in [-0.05, 0) is 52.7 Å². The third-order valence-corrected chi connectivity index (χ3v) is 4.45. The van der Waals surface area contributed by atoms with Gasteiger partial charge < -0.3 is 9.47 Å². The third kappa shape index (κ3) is 3.23. The van der Waals surface area contributed by atoms with Crippen molar-refractivity contribution in [3.63, 3.8) is 0 Å². The van der Waals surface area contributed by atoms with Crippen molar-refractivity contribution in [2.45, 2.75) is 58.3 Å². The summed E-state index contributed by atoms with van der Waals surface area (Å²) >= 11 is 0. The van der Waals surface area contributed by atoms with E-state index in [0.29, 0.717) is 0 Å². The number of rotatable bonds is 4. The minimum atomic E-state index is -0.240. The van der Waals surface area contributed by atoms with Crippen LogP contribution in [-0.4, -0.2) is 18.3 Å². The topological polar surface area (TPSA) is 56.5 Å². The number of hydrogen-bond acceptors (Lipinski definition) is 4. The first-order valence-corrected chi connectivity index (χ1v) is 7.51. The maximum Gasteiger partial charge on any atom is 0.123 e.